The molecule has 0 aromatic carbocycles. The molecule has 7 rings (SSSR count). The normalized spacial score (nSPS) is 36.9. The molecule has 9 N–H and O–H groups in total. The number of aliphatic hydroxyl groups excluding tert-OH is 2. The summed E-state index contributed by atoms with van der Waals surface area (Å²) in [7, 11) is -4.94. The summed E-state index contributed by atoms with van der Waals surface area (Å²) < 4.78 is 54.5. The number of alkyl halides is 1. The van der Waals surface area contributed by atoms with Crippen molar-refractivity contribution in [3.05, 3.63) is 19.0 Å². The van der Waals surface area contributed by atoms with Crippen molar-refractivity contribution < 1.29 is 42.6 Å². The lowest BCUT2D eigenvalue weighted by Gasteiger charge is -2.27. The van der Waals surface area contributed by atoms with E-state index in [-0.39, 0.29) is 52.8 Å². The number of rotatable bonds is 2. The van der Waals surface area contributed by atoms with Crippen LogP contribution in [-0.4, -0.2) is 97.4 Å². The van der Waals surface area contributed by atoms with Crippen LogP contribution in [0.15, 0.2) is 19.0 Å². The monoisotopic (exact) mass is 623 g/mol. The molecule has 0 spiro atoms. The van der Waals surface area contributed by atoms with E-state index >= 15 is 4.39 Å². The minimum Gasteiger partial charge on any atom is -0.390 e. The lowest BCUT2D eigenvalue weighted by molar-refractivity contribution is -0.0867. The van der Waals surface area contributed by atoms with E-state index in [0.717, 1.165) is 0 Å². The van der Waals surface area contributed by atoms with Gasteiger partial charge in [-0.2, -0.15) is 9.97 Å². The first-order chi connectivity index (χ1) is 20.5. The van der Waals surface area contributed by atoms with E-state index in [0.29, 0.717) is 0 Å². The third kappa shape index (κ3) is 4.66. The summed E-state index contributed by atoms with van der Waals surface area (Å²) >= 11 is 0. The fourth-order valence-corrected chi connectivity index (χ4v) is 6.84. The average molecular weight is 623 g/mol. The zero-order chi connectivity index (χ0) is 30.2. The van der Waals surface area contributed by atoms with Crippen LogP contribution in [0.25, 0.3) is 22.3 Å². The van der Waals surface area contributed by atoms with Gasteiger partial charge in [0.2, 0.25) is 5.95 Å². The van der Waals surface area contributed by atoms with Gasteiger partial charge in [-0.25, -0.2) is 28.9 Å². The average Bonchev–Trinajstić information content (AvgIpc) is 3.71. The van der Waals surface area contributed by atoms with Crippen molar-refractivity contribution in [2.45, 2.75) is 62.0 Å². The van der Waals surface area contributed by atoms with Crippen molar-refractivity contribution in [2.24, 2.45) is 5.92 Å². The summed E-state index contributed by atoms with van der Waals surface area (Å²) in [6.07, 6.45) is -7.35. The molecule has 0 saturated carbocycles. The summed E-state index contributed by atoms with van der Waals surface area (Å²) in [5.41, 5.74) is 18.2. The summed E-state index contributed by atoms with van der Waals surface area (Å²) in [6.45, 7) is -0.563. The number of hydrogen-bond acceptors (Lipinski definition) is 16. The molecule has 3 fully saturated rings. The van der Waals surface area contributed by atoms with Crippen molar-refractivity contribution in [1.29, 1.82) is 0 Å². The van der Waals surface area contributed by atoms with Crippen molar-refractivity contribution >= 4 is 47.7 Å². The number of anilines is 3. The van der Waals surface area contributed by atoms with Crippen LogP contribution < -0.4 is 17.2 Å². The van der Waals surface area contributed by atoms with Crippen LogP contribution >= 0.6 is 7.82 Å². The molecule has 3 aliphatic rings. The number of imidazole rings is 2. The van der Waals surface area contributed by atoms with E-state index in [9.17, 15) is 19.7 Å². The maximum Gasteiger partial charge on any atom is 0.472 e. The Morgan fingerprint density at radius 2 is 1.63 bits per heavy atom. The first-order valence-corrected chi connectivity index (χ1v) is 14.7. The number of phosphoric acid groups is 1. The van der Waals surface area contributed by atoms with Crippen LogP contribution in [0.5, 0.6) is 0 Å². The van der Waals surface area contributed by atoms with Crippen LogP contribution in [0.1, 0.15) is 25.3 Å². The van der Waals surface area contributed by atoms with Crippen LogP contribution in [0.4, 0.5) is 22.0 Å². The highest BCUT2D eigenvalue weighted by Crippen LogP contribution is 2.52. The van der Waals surface area contributed by atoms with Crippen molar-refractivity contribution in [3.63, 3.8) is 0 Å². The number of hydrogen-bond donors (Lipinski definition) is 6. The number of nitrogens with zero attached hydrogens (tertiary/aromatic N) is 8. The topological polar surface area (TPSA) is 280 Å². The number of ether oxygens (including phenoxy) is 2. The fourth-order valence-electron chi connectivity index (χ4n) is 5.91. The number of nitrogen functional groups attached to an aromatic ring is 3. The van der Waals surface area contributed by atoms with Gasteiger partial charge in [0.05, 0.1) is 31.5 Å². The van der Waals surface area contributed by atoms with E-state index in [1.807, 2.05) is 0 Å². The summed E-state index contributed by atoms with van der Waals surface area (Å²) in [5.74, 6) is -1.01. The lowest BCUT2D eigenvalue weighted by Crippen LogP contribution is -2.40. The van der Waals surface area contributed by atoms with Gasteiger partial charge < -0.3 is 41.8 Å². The van der Waals surface area contributed by atoms with Gasteiger partial charge >= 0.3 is 7.82 Å². The van der Waals surface area contributed by atoms with Gasteiger partial charge in [0.15, 0.2) is 41.6 Å². The van der Waals surface area contributed by atoms with Gasteiger partial charge in [-0.3, -0.25) is 18.2 Å². The Morgan fingerprint density at radius 1 is 0.907 bits per heavy atom. The van der Waals surface area contributed by atoms with E-state index in [1.54, 1.807) is 0 Å². The maximum atomic E-state index is 16.1. The van der Waals surface area contributed by atoms with E-state index in [2.05, 4.69) is 29.9 Å². The van der Waals surface area contributed by atoms with Gasteiger partial charge in [-0.05, 0) is 12.8 Å². The van der Waals surface area contributed by atoms with Crippen molar-refractivity contribution in [2.75, 3.05) is 23.8 Å². The highest BCUT2D eigenvalue weighted by molar-refractivity contribution is 7.47. The molecule has 0 aliphatic carbocycles. The summed E-state index contributed by atoms with van der Waals surface area (Å²) in [4.78, 5) is 34.9. The lowest BCUT2D eigenvalue weighted by atomic mass is 9.90. The molecule has 4 aromatic heterocycles. The predicted molar refractivity (Wildman–Crippen MR) is 142 cm³/mol. The molecule has 19 nitrogen and oxygen atoms in total. The Kier molecular flexibility index (Phi) is 6.71. The molecular formula is C22H27FN11O8P. The molecule has 2 bridgehead atoms. The van der Waals surface area contributed by atoms with E-state index in [1.165, 1.54) is 28.1 Å². The molecule has 230 valence electrons. The van der Waals surface area contributed by atoms with Crippen LogP contribution in [0.3, 0.4) is 0 Å². The van der Waals surface area contributed by atoms with Gasteiger partial charge in [-0.15, -0.1) is 0 Å². The Morgan fingerprint density at radius 3 is 2.40 bits per heavy atom. The minimum absolute atomic E-state index is 0.00232. The second-order valence-corrected chi connectivity index (χ2v) is 11.9. The summed E-state index contributed by atoms with van der Waals surface area (Å²) in [6, 6.07) is 0. The van der Waals surface area contributed by atoms with Gasteiger partial charge in [0.1, 0.15) is 35.7 Å². The van der Waals surface area contributed by atoms with Crippen LogP contribution in [-0.2, 0) is 23.1 Å². The maximum absolute atomic E-state index is 16.1. The Labute approximate surface area is 240 Å². The number of nitrogens with two attached hydrogens (primary N) is 3. The highest BCUT2D eigenvalue weighted by Gasteiger charge is 2.54. The third-order valence-electron chi connectivity index (χ3n) is 7.96. The van der Waals surface area contributed by atoms with Gasteiger partial charge in [0.25, 0.3) is 0 Å². The van der Waals surface area contributed by atoms with Crippen LogP contribution in [0, 0.1) is 5.92 Å². The largest absolute Gasteiger partial charge is 0.472 e. The Balaban J connectivity index is 1.19. The van der Waals surface area contributed by atoms with Gasteiger partial charge in [0, 0.05) is 5.92 Å². The van der Waals surface area contributed by atoms with E-state index < -0.39 is 69.5 Å². The molecule has 3 aliphatic heterocycles. The number of phosphoric ester groups is 1. The second-order valence-electron chi connectivity index (χ2n) is 10.5. The fraction of sp³-hybridized carbons (Fsp3) is 0.545. The second kappa shape index (κ2) is 10.2. The standard InChI is InChI=1S/C22H27FN11O8P/c23-10-7-1-2-8(35)14-13(36)15(21(41-14)33-5-29-11-16(24)27-4-28-18(11)33)42-43(37,38)39-3-9(7)40-20(10)34-6-30-12-17(25)31-22(26)32-19(12)34/h4-10,13-15,20-21,35-36H,1-3H2,(H,37,38)(H2,24,27,28)(H4,25,26,31,32). The smallest absolute Gasteiger partial charge is 0.390 e. The first kappa shape index (κ1) is 28.2. The Hall–Kier alpha value is -3.62. The molecule has 3 saturated heterocycles. The Bertz CT molecular complexity index is 1740. The molecular weight excluding hydrogens is 596 g/mol. The molecule has 0 amide bonds. The predicted octanol–water partition coefficient (Wildman–Crippen LogP) is -0.820. The molecule has 4 aromatic rings. The molecule has 43 heavy (non-hydrogen) atoms. The number of fused-ring (bicyclic) bond motifs is 5. The SMILES string of the molecule is Nc1nc(N)c2ncn(C3OC4COP(=O)(O)OC5C(O)C(OC5n5cnc6c(N)ncnc65)C(O)CCC4C3F)c2n1. The van der Waals surface area contributed by atoms with Gasteiger partial charge in [-0.1, -0.05) is 0 Å². The molecule has 10 atom stereocenters. The first-order valence-electron chi connectivity index (χ1n) is 13.2. The van der Waals surface area contributed by atoms with Crippen molar-refractivity contribution in [1.82, 2.24) is 39.0 Å². The number of aliphatic hydroxyl groups is 2. The zero-order valence-corrected chi connectivity index (χ0v) is 23.0. The quantitative estimate of drug-likeness (QED) is 0.149. The van der Waals surface area contributed by atoms with Crippen molar-refractivity contribution in [3.8, 4) is 0 Å². The number of aromatic nitrogens is 8. The minimum atomic E-state index is -4.94. The van der Waals surface area contributed by atoms with Crippen LogP contribution in [0.2, 0.25) is 0 Å². The highest BCUT2D eigenvalue weighted by atomic mass is 31.2. The molecule has 10 unspecified atom stereocenters. The number of halogens is 1. The molecule has 21 heteroatoms. The molecule has 0 radical (unpaired) electrons. The molecule has 7 heterocycles. The zero-order valence-electron chi connectivity index (χ0n) is 22.1. The third-order valence-corrected chi connectivity index (χ3v) is 8.94. The summed E-state index contributed by atoms with van der Waals surface area (Å²) in [5, 5.41) is 22.2. The van der Waals surface area contributed by atoms with E-state index in [4.69, 9.17) is 35.7 Å².